The van der Waals surface area contributed by atoms with E-state index in [1.807, 2.05) is 0 Å². The van der Waals surface area contributed by atoms with Gasteiger partial charge in [-0.3, -0.25) is 9.59 Å². The first-order chi connectivity index (χ1) is 14.4. The predicted molar refractivity (Wildman–Crippen MR) is 117 cm³/mol. The number of benzene rings is 3. The highest BCUT2D eigenvalue weighted by Gasteiger charge is 2.15. The van der Waals surface area contributed by atoms with Gasteiger partial charge in [0.25, 0.3) is 5.91 Å². The van der Waals surface area contributed by atoms with Crippen LogP contribution in [0.4, 0.5) is 11.4 Å². The average molecular weight is 423 g/mol. The lowest BCUT2D eigenvalue weighted by Crippen LogP contribution is -2.13. The zero-order chi connectivity index (χ0) is 21.6. The van der Waals surface area contributed by atoms with Crippen LogP contribution in [0.25, 0.3) is 0 Å². The Kier molecular flexibility index (Phi) is 6.64. The van der Waals surface area contributed by atoms with Crippen LogP contribution in [-0.4, -0.2) is 20.2 Å². The molecule has 0 saturated carbocycles. The Labute approximate surface area is 175 Å². The van der Waals surface area contributed by atoms with E-state index in [1.54, 1.807) is 85.8 Å². The van der Waals surface area contributed by atoms with Gasteiger partial charge in [-0.05, 0) is 48.0 Å². The Morgan fingerprint density at radius 3 is 2.07 bits per heavy atom. The number of anilines is 2. The van der Waals surface area contributed by atoms with E-state index in [2.05, 4.69) is 10.6 Å². The SMILES string of the molecule is CCC(=O)Nc1cccc(NC(=O)c2ccc(CS(=O)(=O)c3ccccc3)cc2)c1. The topological polar surface area (TPSA) is 92.3 Å². The molecule has 0 saturated heterocycles. The van der Waals surface area contributed by atoms with E-state index in [-0.39, 0.29) is 22.5 Å². The molecule has 0 aromatic heterocycles. The maximum absolute atomic E-state index is 12.5. The normalized spacial score (nSPS) is 11.0. The van der Waals surface area contributed by atoms with Crippen LogP contribution < -0.4 is 10.6 Å². The molecule has 0 aliphatic carbocycles. The van der Waals surface area contributed by atoms with Crippen LogP contribution in [0.5, 0.6) is 0 Å². The van der Waals surface area contributed by atoms with Crippen molar-refractivity contribution in [1.29, 1.82) is 0 Å². The van der Waals surface area contributed by atoms with Gasteiger partial charge >= 0.3 is 0 Å². The minimum atomic E-state index is -3.45. The van der Waals surface area contributed by atoms with Gasteiger partial charge in [-0.15, -0.1) is 0 Å². The van der Waals surface area contributed by atoms with Gasteiger partial charge in [0, 0.05) is 23.4 Å². The lowest BCUT2D eigenvalue weighted by molar-refractivity contribution is -0.115. The molecule has 7 heteroatoms. The van der Waals surface area contributed by atoms with Gasteiger partial charge in [0.1, 0.15) is 0 Å². The van der Waals surface area contributed by atoms with Gasteiger partial charge in [-0.25, -0.2) is 8.42 Å². The third-order valence-corrected chi connectivity index (χ3v) is 6.10. The lowest BCUT2D eigenvalue weighted by atomic mass is 10.1. The molecule has 0 aliphatic heterocycles. The second-order valence-corrected chi connectivity index (χ2v) is 8.70. The van der Waals surface area contributed by atoms with Crippen molar-refractivity contribution in [2.24, 2.45) is 0 Å². The number of carbonyl (C=O) groups is 2. The average Bonchev–Trinajstić information content (AvgIpc) is 2.74. The molecule has 3 aromatic carbocycles. The van der Waals surface area contributed by atoms with Crippen LogP contribution in [0.1, 0.15) is 29.3 Å². The summed E-state index contributed by atoms with van der Waals surface area (Å²) in [5.41, 5.74) is 2.14. The summed E-state index contributed by atoms with van der Waals surface area (Å²) in [4.78, 5) is 24.3. The van der Waals surface area contributed by atoms with Crippen LogP contribution in [0, 0.1) is 0 Å². The van der Waals surface area contributed by atoms with Gasteiger partial charge in [0.15, 0.2) is 9.84 Å². The van der Waals surface area contributed by atoms with Crippen molar-refractivity contribution in [3.63, 3.8) is 0 Å². The van der Waals surface area contributed by atoms with Crippen LogP contribution in [-0.2, 0) is 20.4 Å². The van der Waals surface area contributed by atoms with E-state index in [0.717, 1.165) is 0 Å². The summed E-state index contributed by atoms with van der Waals surface area (Å²) in [6.07, 6.45) is 0.364. The largest absolute Gasteiger partial charge is 0.326 e. The summed E-state index contributed by atoms with van der Waals surface area (Å²) in [6.45, 7) is 1.76. The Morgan fingerprint density at radius 2 is 1.43 bits per heavy atom. The molecule has 0 radical (unpaired) electrons. The Balaban J connectivity index is 1.67. The molecule has 0 heterocycles. The van der Waals surface area contributed by atoms with Gasteiger partial charge in [-0.2, -0.15) is 0 Å². The molecule has 30 heavy (non-hydrogen) atoms. The maximum Gasteiger partial charge on any atom is 0.255 e. The maximum atomic E-state index is 12.5. The highest BCUT2D eigenvalue weighted by Crippen LogP contribution is 2.19. The minimum absolute atomic E-state index is 0.112. The molecule has 6 nitrogen and oxygen atoms in total. The molecule has 154 valence electrons. The van der Waals surface area contributed by atoms with E-state index in [9.17, 15) is 18.0 Å². The number of hydrogen-bond donors (Lipinski definition) is 2. The minimum Gasteiger partial charge on any atom is -0.326 e. The number of carbonyl (C=O) groups excluding carboxylic acids is 2. The van der Waals surface area contributed by atoms with Crippen LogP contribution >= 0.6 is 0 Å². The summed E-state index contributed by atoms with van der Waals surface area (Å²) in [7, 11) is -3.45. The molecule has 2 amide bonds. The first-order valence-electron chi connectivity index (χ1n) is 9.45. The molecule has 0 unspecified atom stereocenters. The Hall–Kier alpha value is -3.45. The molecule has 0 fully saturated rings. The number of amides is 2. The molecule has 0 spiro atoms. The number of rotatable bonds is 7. The van der Waals surface area contributed by atoms with Gasteiger partial charge in [0.2, 0.25) is 5.91 Å². The van der Waals surface area contributed by atoms with Gasteiger partial charge in [-0.1, -0.05) is 43.3 Å². The van der Waals surface area contributed by atoms with Crippen molar-refractivity contribution in [2.75, 3.05) is 10.6 Å². The first kappa shape index (κ1) is 21.3. The highest BCUT2D eigenvalue weighted by atomic mass is 32.2. The standard InChI is InChI=1S/C23H22N2O4S/c1-2-22(26)24-19-7-6-8-20(15-19)25-23(27)18-13-11-17(12-14-18)16-30(28,29)21-9-4-3-5-10-21/h3-15H,2,16H2,1H3,(H,24,26)(H,25,27). The zero-order valence-corrected chi connectivity index (χ0v) is 17.3. The second-order valence-electron chi connectivity index (χ2n) is 6.71. The molecule has 0 bridgehead atoms. The number of nitrogens with one attached hydrogen (secondary N) is 2. The molecular formula is C23H22N2O4S. The van der Waals surface area contributed by atoms with Crippen LogP contribution in [0.15, 0.2) is 83.8 Å². The monoisotopic (exact) mass is 422 g/mol. The van der Waals surface area contributed by atoms with E-state index < -0.39 is 9.84 Å². The third kappa shape index (κ3) is 5.55. The molecule has 0 aliphatic rings. The third-order valence-electron chi connectivity index (χ3n) is 4.40. The fraction of sp³-hybridized carbons (Fsp3) is 0.130. The van der Waals surface area contributed by atoms with E-state index in [1.165, 1.54) is 0 Å². The van der Waals surface area contributed by atoms with Gasteiger partial charge in [0.05, 0.1) is 10.6 Å². The van der Waals surface area contributed by atoms with Crippen LogP contribution in [0.2, 0.25) is 0 Å². The summed E-state index contributed by atoms with van der Waals surface area (Å²) >= 11 is 0. The Bertz CT molecular complexity index is 1140. The smallest absolute Gasteiger partial charge is 0.255 e. The lowest BCUT2D eigenvalue weighted by Gasteiger charge is -2.09. The summed E-state index contributed by atoms with van der Waals surface area (Å²) in [5.74, 6) is -0.580. The van der Waals surface area contributed by atoms with Crippen molar-refractivity contribution < 1.29 is 18.0 Å². The van der Waals surface area contributed by atoms with E-state index in [4.69, 9.17) is 0 Å². The highest BCUT2D eigenvalue weighted by molar-refractivity contribution is 7.90. The van der Waals surface area contributed by atoms with E-state index >= 15 is 0 Å². The number of sulfone groups is 1. The fourth-order valence-electron chi connectivity index (χ4n) is 2.81. The first-order valence-corrected chi connectivity index (χ1v) is 11.1. The van der Waals surface area contributed by atoms with Crippen molar-refractivity contribution in [3.8, 4) is 0 Å². The Morgan fingerprint density at radius 1 is 0.800 bits per heavy atom. The van der Waals surface area contributed by atoms with Crippen molar-refractivity contribution in [3.05, 3.63) is 90.0 Å². The van der Waals surface area contributed by atoms with E-state index in [0.29, 0.717) is 28.9 Å². The predicted octanol–water partition coefficient (Wildman–Crippen LogP) is 4.26. The fourth-order valence-corrected chi connectivity index (χ4v) is 4.18. The van der Waals surface area contributed by atoms with Crippen molar-refractivity contribution >= 4 is 33.0 Å². The van der Waals surface area contributed by atoms with Crippen molar-refractivity contribution in [1.82, 2.24) is 0 Å². The number of hydrogen-bond acceptors (Lipinski definition) is 4. The molecule has 0 atom stereocenters. The molecule has 3 rings (SSSR count). The molecule has 2 N–H and O–H groups in total. The van der Waals surface area contributed by atoms with Crippen LogP contribution in [0.3, 0.4) is 0 Å². The molecule has 3 aromatic rings. The molecular weight excluding hydrogens is 400 g/mol. The summed E-state index contributed by atoms with van der Waals surface area (Å²) < 4.78 is 25.0. The second kappa shape index (κ2) is 9.37. The summed E-state index contributed by atoms with van der Waals surface area (Å²) in [6, 6.07) is 21.6. The van der Waals surface area contributed by atoms with Crippen molar-refractivity contribution in [2.45, 2.75) is 24.0 Å². The summed E-state index contributed by atoms with van der Waals surface area (Å²) in [5, 5.41) is 5.52. The quantitative estimate of drug-likeness (QED) is 0.595. The van der Waals surface area contributed by atoms with Gasteiger partial charge < -0.3 is 10.6 Å². The zero-order valence-electron chi connectivity index (χ0n) is 16.5.